The van der Waals surface area contributed by atoms with E-state index in [2.05, 4.69) is 9.55 Å². The molecule has 0 saturated carbocycles. The van der Waals surface area contributed by atoms with Gasteiger partial charge in [-0.2, -0.15) is 0 Å². The third-order valence-corrected chi connectivity index (χ3v) is 5.06. The largest absolute Gasteiger partial charge is 0.491 e. The second-order valence-corrected chi connectivity index (χ2v) is 6.83. The summed E-state index contributed by atoms with van der Waals surface area (Å²) in [7, 11) is 1.70. The molecule has 1 atom stereocenters. The van der Waals surface area contributed by atoms with Crippen LogP contribution in [0, 0.1) is 6.92 Å². The Morgan fingerprint density at radius 3 is 2.81 bits per heavy atom. The third-order valence-electron chi connectivity index (χ3n) is 5.06. The lowest BCUT2D eigenvalue weighted by Gasteiger charge is -2.28. The number of imidazole rings is 1. The number of hydrogen-bond acceptors (Lipinski definition) is 4. The molecule has 26 heavy (non-hydrogen) atoms. The maximum atomic E-state index is 12.5. The number of carbonyl (C=O) groups excluding carboxylic acids is 1. The van der Waals surface area contributed by atoms with Crippen molar-refractivity contribution in [3.63, 3.8) is 0 Å². The van der Waals surface area contributed by atoms with Gasteiger partial charge in [0.2, 0.25) is 5.91 Å². The molecule has 1 amide bonds. The van der Waals surface area contributed by atoms with E-state index in [1.807, 2.05) is 48.4 Å². The summed E-state index contributed by atoms with van der Waals surface area (Å²) in [6.45, 7) is 4.54. The van der Waals surface area contributed by atoms with Gasteiger partial charge in [-0.3, -0.25) is 4.79 Å². The molecule has 1 aliphatic heterocycles. The molecule has 6 nitrogen and oxygen atoms in total. The molecule has 1 aromatic heterocycles. The minimum Gasteiger partial charge on any atom is -0.491 e. The molecule has 0 bridgehead atoms. The summed E-state index contributed by atoms with van der Waals surface area (Å²) in [4.78, 5) is 18.6. The summed E-state index contributed by atoms with van der Waals surface area (Å²) in [5.74, 6) is 1.99. The summed E-state index contributed by atoms with van der Waals surface area (Å²) in [6, 6.07) is 9.71. The van der Waals surface area contributed by atoms with Gasteiger partial charge >= 0.3 is 0 Å². The Kier molecular flexibility index (Phi) is 5.93. The molecule has 6 heteroatoms. The Morgan fingerprint density at radius 2 is 2.12 bits per heavy atom. The van der Waals surface area contributed by atoms with Crippen LogP contribution in [0.2, 0.25) is 0 Å². The van der Waals surface area contributed by atoms with Crippen LogP contribution in [0.15, 0.2) is 42.7 Å². The molecule has 0 aliphatic carbocycles. The molecule has 1 saturated heterocycles. The minimum absolute atomic E-state index is 0.182. The highest BCUT2D eigenvalue weighted by Crippen LogP contribution is 2.27. The number of rotatable bonds is 8. The van der Waals surface area contributed by atoms with Crippen LogP contribution in [0.4, 0.5) is 0 Å². The molecule has 1 fully saturated rings. The number of likely N-dealkylation sites (tertiary alicyclic amines) is 1. The van der Waals surface area contributed by atoms with Crippen molar-refractivity contribution in [1.82, 2.24) is 14.5 Å². The van der Waals surface area contributed by atoms with Gasteiger partial charge in [-0.05, 0) is 31.9 Å². The first-order valence-corrected chi connectivity index (χ1v) is 9.10. The quantitative estimate of drug-likeness (QED) is 0.729. The van der Waals surface area contributed by atoms with Crippen molar-refractivity contribution in [2.45, 2.75) is 38.3 Å². The van der Waals surface area contributed by atoms with Crippen molar-refractivity contribution < 1.29 is 14.3 Å². The molecule has 1 aromatic carbocycles. The number of hydrogen-bond donors (Lipinski definition) is 0. The number of aromatic nitrogens is 2. The number of nitrogens with zero attached hydrogens (tertiary/aromatic N) is 3. The highest BCUT2D eigenvalue weighted by Gasteiger charge is 2.40. The van der Waals surface area contributed by atoms with Gasteiger partial charge in [-0.1, -0.05) is 18.2 Å². The molecular weight excluding hydrogens is 330 g/mol. The molecule has 0 unspecified atom stereocenters. The predicted octanol–water partition coefficient (Wildman–Crippen LogP) is 2.67. The van der Waals surface area contributed by atoms with E-state index >= 15 is 0 Å². The first kappa shape index (κ1) is 18.5. The third kappa shape index (κ3) is 4.43. The Morgan fingerprint density at radius 1 is 1.31 bits per heavy atom. The van der Waals surface area contributed by atoms with E-state index in [0.29, 0.717) is 19.6 Å². The lowest BCUT2D eigenvalue weighted by atomic mass is 10.0. The lowest BCUT2D eigenvalue weighted by Crippen LogP contribution is -2.42. The molecule has 0 radical (unpaired) electrons. The molecule has 1 aliphatic rings. The zero-order valence-electron chi connectivity index (χ0n) is 15.6. The number of methoxy groups -OCH3 is 1. The number of amides is 1. The number of aryl methyl sites for hydroxylation is 2. The first-order chi connectivity index (χ1) is 12.6. The monoisotopic (exact) mass is 357 g/mol. The predicted molar refractivity (Wildman–Crippen MR) is 99.1 cm³/mol. The standard InChI is InChI=1S/C20H27N3O3/c1-17-21-11-14-22(17)12-6-9-19(24)23-13-10-20(15-23,25-2)16-26-18-7-4-3-5-8-18/h3-5,7-8,11,14H,6,9-10,12-13,15-16H2,1-2H3/t20-/m0/s1. The van der Waals surface area contributed by atoms with E-state index in [-0.39, 0.29) is 5.91 Å². The van der Waals surface area contributed by atoms with Crippen LogP contribution < -0.4 is 4.74 Å². The average molecular weight is 357 g/mol. The number of benzene rings is 1. The Hall–Kier alpha value is -2.34. The zero-order chi connectivity index (χ0) is 18.4. The van der Waals surface area contributed by atoms with Gasteiger partial charge in [-0.15, -0.1) is 0 Å². The van der Waals surface area contributed by atoms with Crippen LogP contribution >= 0.6 is 0 Å². The molecule has 2 heterocycles. The molecule has 140 valence electrons. The second kappa shape index (κ2) is 8.36. The Labute approximate surface area is 154 Å². The van der Waals surface area contributed by atoms with Gasteiger partial charge in [0.1, 0.15) is 23.8 Å². The molecule has 3 rings (SSSR count). The van der Waals surface area contributed by atoms with Crippen LogP contribution in [0.3, 0.4) is 0 Å². The van der Waals surface area contributed by atoms with Crippen molar-refractivity contribution in [3.8, 4) is 5.75 Å². The van der Waals surface area contributed by atoms with Gasteiger partial charge in [-0.25, -0.2) is 4.98 Å². The minimum atomic E-state index is -0.424. The topological polar surface area (TPSA) is 56.6 Å². The highest BCUT2D eigenvalue weighted by molar-refractivity contribution is 5.76. The maximum absolute atomic E-state index is 12.5. The normalized spacial score (nSPS) is 19.7. The number of ether oxygens (including phenoxy) is 2. The van der Waals surface area contributed by atoms with Crippen LogP contribution in [-0.2, 0) is 16.1 Å². The molecule has 0 N–H and O–H groups in total. The number of carbonyl (C=O) groups is 1. The van der Waals surface area contributed by atoms with E-state index in [4.69, 9.17) is 9.47 Å². The van der Waals surface area contributed by atoms with Gasteiger partial charge in [0.25, 0.3) is 0 Å². The SMILES string of the molecule is CO[C@@]1(COc2ccccc2)CCN(C(=O)CCCn2ccnc2C)C1. The second-order valence-electron chi connectivity index (χ2n) is 6.83. The Bertz CT molecular complexity index is 716. The molecule has 0 spiro atoms. The molecular formula is C20H27N3O3. The first-order valence-electron chi connectivity index (χ1n) is 9.10. The smallest absolute Gasteiger partial charge is 0.222 e. The van der Waals surface area contributed by atoms with Crippen LogP contribution in [0.5, 0.6) is 5.75 Å². The van der Waals surface area contributed by atoms with Crippen LogP contribution in [0.1, 0.15) is 25.1 Å². The van der Waals surface area contributed by atoms with Crippen molar-refractivity contribution in [2.24, 2.45) is 0 Å². The van der Waals surface area contributed by atoms with Gasteiger partial charge in [0, 0.05) is 39.0 Å². The Balaban J connectivity index is 1.47. The summed E-state index contributed by atoms with van der Waals surface area (Å²) >= 11 is 0. The van der Waals surface area contributed by atoms with Crippen LogP contribution in [-0.4, -0.2) is 52.8 Å². The van der Waals surface area contributed by atoms with Crippen molar-refractivity contribution >= 4 is 5.91 Å². The fourth-order valence-electron chi connectivity index (χ4n) is 3.33. The average Bonchev–Trinajstić information content (AvgIpc) is 3.28. The molecule has 2 aromatic rings. The van der Waals surface area contributed by atoms with Crippen LogP contribution in [0.25, 0.3) is 0 Å². The number of para-hydroxylation sites is 1. The summed E-state index contributed by atoms with van der Waals surface area (Å²) in [5, 5.41) is 0. The maximum Gasteiger partial charge on any atom is 0.222 e. The van der Waals surface area contributed by atoms with Crippen molar-refractivity contribution in [1.29, 1.82) is 0 Å². The zero-order valence-corrected chi connectivity index (χ0v) is 15.6. The van der Waals surface area contributed by atoms with Crippen molar-refractivity contribution in [3.05, 3.63) is 48.5 Å². The van der Waals surface area contributed by atoms with E-state index < -0.39 is 5.60 Å². The van der Waals surface area contributed by atoms with E-state index in [1.54, 1.807) is 13.3 Å². The van der Waals surface area contributed by atoms with Gasteiger partial charge in [0.05, 0.1) is 6.54 Å². The highest BCUT2D eigenvalue weighted by atomic mass is 16.5. The summed E-state index contributed by atoms with van der Waals surface area (Å²) in [6.07, 6.45) is 5.89. The van der Waals surface area contributed by atoms with E-state index in [0.717, 1.165) is 37.5 Å². The fraction of sp³-hybridized carbons (Fsp3) is 0.500. The summed E-state index contributed by atoms with van der Waals surface area (Å²) in [5.41, 5.74) is -0.424. The van der Waals surface area contributed by atoms with E-state index in [9.17, 15) is 4.79 Å². The van der Waals surface area contributed by atoms with Gasteiger partial charge in [0.15, 0.2) is 0 Å². The summed E-state index contributed by atoms with van der Waals surface area (Å²) < 4.78 is 13.7. The lowest BCUT2D eigenvalue weighted by molar-refractivity contribution is -0.132. The van der Waals surface area contributed by atoms with Gasteiger partial charge < -0.3 is 18.9 Å². The van der Waals surface area contributed by atoms with Crippen molar-refractivity contribution in [2.75, 3.05) is 26.8 Å². The van der Waals surface area contributed by atoms with E-state index in [1.165, 1.54) is 0 Å². The fourth-order valence-corrected chi connectivity index (χ4v) is 3.33.